The molecule has 48 valence electrons. The van der Waals surface area contributed by atoms with Crippen molar-refractivity contribution in [3.8, 4) is 0 Å². The van der Waals surface area contributed by atoms with Gasteiger partial charge in [-0.2, -0.15) is 0 Å². The van der Waals surface area contributed by atoms with Crippen molar-refractivity contribution in [3.05, 3.63) is 0 Å². The number of alkyl halides is 1. The second-order valence-electron chi connectivity index (χ2n) is 1.58. The first-order chi connectivity index (χ1) is 3.63. The van der Waals surface area contributed by atoms with Crippen molar-refractivity contribution in [1.82, 2.24) is 0 Å². The van der Waals surface area contributed by atoms with Gasteiger partial charge in [0.25, 0.3) is 0 Å². The predicted octanol–water partition coefficient (Wildman–Crippen LogP) is 1.37. The number of ether oxygens (including phenoxy) is 1. The van der Waals surface area contributed by atoms with Gasteiger partial charge < -0.3 is 4.74 Å². The first kappa shape index (κ1) is 8.20. The highest BCUT2D eigenvalue weighted by atomic mass is 127. The standard InChI is InChI=1S/C5H9IO2/c1-4(6)3-8-5(2)7/h4H,3H2,1-2H3. The highest BCUT2D eigenvalue weighted by Gasteiger charge is 1.96. The summed E-state index contributed by atoms with van der Waals surface area (Å²) >= 11 is 2.20. The zero-order valence-corrected chi connectivity index (χ0v) is 7.14. The number of carbonyl (C=O) groups is 1. The maximum atomic E-state index is 10.1. The molecular formula is C5H9IO2. The summed E-state index contributed by atoms with van der Waals surface area (Å²) in [5.41, 5.74) is 0. The van der Waals surface area contributed by atoms with Gasteiger partial charge in [0.15, 0.2) is 0 Å². The number of halogens is 1. The summed E-state index contributed by atoms with van der Waals surface area (Å²) in [5, 5.41) is 0. The van der Waals surface area contributed by atoms with Crippen molar-refractivity contribution in [2.45, 2.75) is 17.8 Å². The lowest BCUT2D eigenvalue weighted by molar-refractivity contribution is -0.140. The Labute approximate surface area is 62.7 Å². The van der Waals surface area contributed by atoms with Crippen LogP contribution in [0.5, 0.6) is 0 Å². The summed E-state index contributed by atoms with van der Waals surface area (Å²) in [6, 6.07) is 0. The van der Waals surface area contributed by atoms with Gasteiger partial charge in [-0.1, -0.05) is 29.5 Å². The predicted molar refractivity (Wildman–Crippen MR) is 40.1 cm³/mol. The van der Waals surface area contributed by atoms with E-state index in [4.69, 9.17) is 0 Å². The van der Waals surface area contributed by atoms with E-state index in [0.717, 1.165) is 0 Å². The monoisotopic (exact) mass is 228 g/mol. The number of hydrogen-bond donors (Lipinski definition) is 0. The van der Waals surface area contributed by atoms with Gasteiger partial charge >= 0.3 is 5.97 Å². The molecule has 0 aromatic rings. The third-order valence-electron chi connectivity index (χ3n) is 0.516. The van der Waals surface area contributed by atoms with Crippen LogP contribution in [0.2, 0.25) is 0 Å². The highest BCUT2D eigenvalue weighted by Crippen LogP contribution is 1.97. The van der Waals surface area contributed by atoms with E-state index >= 15 is 0 Å². The SMILES string of the molecule is CC(=O)OCC(C)I. The zero-order chi connectivity index (χ0) is 6.57. The maximum absolute atomic E-state index is 10.1. The van der Waals surface area contributed by atoms with E-state index in [1.807, 2.05) is 6.92 Å². The van der Waals surface area contributed by atoms with E-state index in [1.165, 1.54) is 6.92 Å². The molecule has 0 aromatic carbocycles. The lowest BCUT2D eigenvalue weighted by Gasteiger charge is -2.00. The van der Waals surface area contributed by atoms with Gasteiger partial charge in [-0.05, 0) is 0 Å². The molecule has 0 fully saturated rings. The lowest BCUT2D eigenvalue weighted by Crippen LogP contribution is -2.07. The van der Waals surface area contributed by atoms with Crippen molar-refractivity contribution in [2.75, 3.05) is 6.61 Å². The average molecular weight is 228 g/mol. The molecule has 0 radical (unpaired) electrons. The second-order valence-corrected chi connectivity index (χ2v) is 3.71. The van der Waals surface area contributed by atoms with E-state index in [-0.39, 0.29) is 5.97 Å². The Morgan fingerprint density at radius 2 is 2.38 bits per heavy atom. The summed E-state index contributed by atoms with van der Waals surface area (Å²) in [7, 11) is 0. The lowest BCUT2D eigenvalue weighted by atomic mass is 10.5. The van der Waals surface area contributed by atoms with Crippen LogP contribution in [0.3, 0.4) is 0 Å². The fourth-order valence-electron chi connectivity index (χ4n) is 0.232. The summed E-state index contributed by atoms with van der Waals surface area (Å²) in [6.07, 6.45) is 0. The molecule has 0 bridgehead atoms. The normalized spacial score (nSPS) is 12.9. The fourth-order valence-corrected chi connectivity index (χ4v) is 0.412. The summed E-state index contributed by atoms with van der Waals surface area (Å²) < 4.78 is 5.07. The summed E-state index contributed by atoms with van der Waals surface area (Å²) in [5.74, 6) is -0.200. The van der Waals surface area contributed by atoms with Gasteiger partial charge in [0.2, 0.25) is 0 Å². The smallest absolute Gasteiger partial charge is 0.302 e. The van der Waals surface area contributed by atoms with Crippen molar-refractivity contribution in [2.24, 2.45) is 0 Å². The molecule has 8 heavy (non-hydrogen) atoms. The highest BCUT2D eigenvalue weighted by molar-refractivity contribution is 14.1. The van der Waals surface area contributed by atoms with Gasteiger partial charge in [-0.3, -0.25) is 4.79 Å². The quantitative estimate of drug-likeness (QED) is 0.405. The van der Waals surface area contributed by atoms with E-state index in [0.29, 0.717) is 10.5 Å². The fraction of sp³-hybridized carbons (Fsp3) is 0.800. The molecule has 0 aliphatic rings. The molecule has 0 amide bonds. The zero-order valence-electron chi connectivity index (χ0n) is 4.98. The van der Waals surface area contributed by atoms with Crippen LogP contribution in [-0.4, -0.2) is 16.5 Å². The number of hydrogen-bond acceptors (Lipinski definition) is 2. The molecule has 3 heteroatoms. The molecule has 2 nitrogen and oxygen atoms in total. The van der Waals surface area contributed by atoms with Crippen LogP contribution in [0.1, 0.15) is 13.8 Å². The van der Waals surface area contributed by atoms with Gasteiger partial charge in [0, 0.05) is 10.8 Å². The molecular weight excluding hydrogens is 219 g/mol. The third-order valence-corrected chi connectivity index (χ3v) is 0.876. The maximum Gasteiger partial charge on any atom is 0.302 e. The summed E-state index contributed by atoms with van der Waals surface area (Å²) in [6.45, 7) is 3.93. The third kappa shape index (κ3) is 6.20. The molecule has 1 atom stereocenters. The molecule has 0 N–H and O–H groups in total. The van der Waals surface area contributed by atoms with Crippen LogP contribution < -0.4 is 0 Å². The molecule has 0 aliphatic carbocycles. The average Bonchev–Trinajstić information content (AvgIpc) is 1.61. The Kier molecular flexibility index (Phi) is 4.22. The van der Waals surface area contributed by atoms with Crippen molar-refractivity contribution >= 4 is 28.6 Å². The van der Waals surface area contributed by atoms with Crippen molar-refractivity contribution in [3.63, 3.8) is 0 Å². The van der Waals surface area contributed by atoms with Crippen molar-refractivity contribution < 1.29 is 9.53 Å². The Morgan fingerprint density at radius 1 is 1.88 bits per heavy atom. The number of rotatable bonds is 2. The van der Waals surface area contributed by atoms with Gasteiger partial charge in [0.1, 0.15) is 6.61 Å². The minimum absolute atomic E-state index is 0.200. The molecule has 0 aromatic heterocycles. The van der Waals surface area contributed by atoms with E-state index in [2.05, 4.69) is 27.3 Å². The molecule has 1 unspecified atom stereocenters. The molecule has 0 rings (SSSR count). The first-order valence-corrected chi connectivity index (χ1v) is 3.65. The van der Waals surface area contributed by atoms with Gasteiger partial charge in [0.05, 0.1) is 0 Å². The molecule has 0 spiro atoms. The number of esters is 1. The molecule has 0 heterocycles. The van der Waals surface area contributed by atoms with Crippen LogP contribution >= 0.6 is 22.6 Å². The minimum Gasteiger partial charge on any atom is -0.465 e. The Bertz CT molecular complexity index is 80.5. The Balaban J connectivity index is 3.05. The van der Waals surface area contributed by atoms with Gasteiger partial charge in [-0.15, -0.1) is 0 Å². The van der Waals surface area contributed by atoms with Crippen LogP contribution in [0.4, 0.5) is 0 Å². The Morgan fingerprint density at radius 3 is 2.50 bits per heavy atom. The number of carbonyl (C=O) groups excluding carboxylic acids is 1. The van der Waals surface area contributed by atoms with Crippen LogP contribution in [0.25, 0.3) is 0 Å². The van der Waals surface area contributed by atoms with E-state index < -0.39 is 0 Å². The first-order valence-electron chi connectivity index (χ1n) is 2.40. The minimum atomic E-state index is -0.200. The largest absolute Gasteiger partial charge is 0.465 e. The molecule has 0 saturated heterocycles. The van der Waals surface area contributed by atoms with Gasteiger partial charge in [-0.25, -0.2) is 0 Å². The van der Waals surface area contributed by atoms with E-state index in [9.17, 15) is 4.79 Å². The Hall–Kier alpha value is 0.200. The second kappa shape index (κ2) is 4.12. The topological polar surface area (TPSA) is 26.3 Å². The molecule has 0 aliphatic heterocycles. The van der Waals surface area contributed by atoms with Crippen LogP contribution in [0.15, 0.2) is 0 Å². The van der Waals surface area contributed by atoms with Crippen molar-refractivity contribution in [1.29, 1.82) is 0 Å². The van der Waals surface area contributed by atoms with E-state index in [1.54, 1.807) is 0 Å². The van der Waals surface area contributed by atoms with Crippen LogP contribution in [0, 0.1) is 0 Å². The van der Waals surface area contributed by atoms with Crippen LogP contribution in [-0.2, 0) is 9.53 Å². The molecule has 0 saturated carbocycles. The summed E-state index contributed by atoms with van der Waals surface area (Å²) in [4.78, 5) is 10.1.